The Morgan fingerprint density at radius 1 is 1.19 bits per heavy atom. The summed E-state index contributed by atoms with van der Waals surface area (Å²) in [4.78, 5) is 25.9. The van der Waals surface area contributed by atoms with Crippen LogP contribution >= 0.6 is 11.3 Å². The van der Waals surface area contributed by atoms with Crippen molar-refractivity contribution in [3.8, 4) is 11.1 Å². The van der Waals surface area contributed by atoms with Gasteiger partial charge in [0.2, 0.25) is 5.91 Å². The van der Waals surface area contributed by atoms with E-state index >= 15 is 0 Å². The molecule has 166 valence electrons. The summed E-state index contributed by atoms with van der Waals surface area (Å²) in [5, 5.41) is 8.08. The molecular weight excluding hydrogens is 429 g/mol. The summed E-state index contributed by atoms with van der Waals surface area (Å²) in [5.41, 5.74) is 2.78. The largest absolute Gasteiger partial charge is 0.442 e. The number of thiophene rings is 1. The minimum Gasteiger partial charge on any atom is -0.442 e. The van der Waals surface area contributed by atoms with E-state index in [2.05, 4.69) is 22.1 Å². The Labute approximate surface area is 190 Å². The van der Waals surface area contributed by atoms with Gasteiger partial charge in [-0.1, -0.05) is 30.3 Å². The second-order valence-electron chi connectivity index (χ2n) is 7.60. The van der Waals surface area contributed by atoms with Crippen molar-refractivity contribution in [2.45, 2.75) is 26.1 Å². The summed E-state index contributed by atoms with van der Waals surface area (Å²) < 4.78 is 20.1. The fraction of sp³-hybridized carbons (Fsp3) is 0.250. The first-order valence-corrected chi connectivity index (χ1v) is 11.2. The van der Waals surface area contributed by atoms with Gasteiger partial charge in [-0.3, -0.25) is 9.69 Å². The third kappa shape index (κ3) is 5.33. The number of hydrogen-bond acceptors (Lipinski definition) is 5. The van der Waals surface area contributed by atoms with E-state index < -0.39 is 18.0 Å². The van der Waals surface area contributed by atoms with Crippen LogP contribution in [-0.2, 0) is 22.6 Å². The van der Waals surface area contributed by atoms with Crippen LogP contribution < -0.4 is 15.5 Å². The van der Waals surface area contributed by atoms with E-state index in [1.807, 2.05) is 30.3 Å². The highest BCUT2D eigenvalue weighted by Crippen LogP contribution is 2.29. The molecule has 0 radical (unpaired) electrons. The second-order valence-corrected chi connectivity index (χ2v) is 8.63. The molecule has 4 rings (SSSR count). The van der Waals surface area contributed by atoms with Crippen molar-refractivity contribution in [2.75, 3.05) is 18.0 Å². The second kappa shape index (κ2) is 9.93. The molecule has 32 heavy (non-hydrogen) atoms. The molecule has 0 saturated carbocycles. The number of cyclic esters (lactones) is 1. The Hall–Kier alpha value is -3.23. The topological polar surface area (TPSA) is 70.7 Å². The monoisotopic (exact) mass is 453 g/mol. The van der Waals surface area contributed by atoms with Crippen LogP contribution in [0.15, 0.2) is 60.0 Å². The average molecular weight is 454 g/mol. The molecule has 1 aliphatic heterocycles. The number of ether oxygens (including phenoxy) is 1. The van der Waals surface area contributed by atoms with Crippen molar-refractivity contribution < 1.29 is 18.7 Å². The fourth-order valence-electron chi connectivity index (χ4n) is 3.55. The van der Waals surface area contributed by atoms with Gasteiger partial charge in [-0.15, -0.1) is 11.3 Å². The number of nitrogens with one attached hydrogen (secondary N) is 2. The standard InChI is InChI=1S/C24H24FN3O3S/c1-16(29)27-13-20-15-28(24(30)31-20)19-8-9-22(23(25)11-19)18-6-4-17(5-7-18)12-26-14-21-3-2-10-32-21/h2-11,20,26H,12-15H2,1H3,(H,27,29). The molecule has 1 atom stereocenters. The zero-order valence-electron chi connectivity index (χ0n) is 17.6. The highest BCUT2D eigenvalue weighted by molar-refractivity contribution is 7.09. The molecular formula is C24H24FN3O3S. The summed E-state index contributed by atoms with van der Waals surface area (Å²) in [6.45, 7) is 3.44. The van der Waals surface area contributed by atoms with Gasteiger partial charge in [0, 0.05) is 30.5 Å². The summed E-state index contributed by atoms with van der Waals surface area (Å²) in [6.07, 6.45) is -1.01. The van der Waals surface area contributed by atoms with Gasteiger partial charge in [-0.2, -0.15) is 0 Å². The molecule has 1 fully saturated rings. The highest BCUT2D eigenvalue weighted by atomic mass is 32.1. The number of amides is 2. The van der Waals surface area contributed by atoms with Crippen LogP contribution in [0.4, 0.5) is 14.9 Å². The molecule has 0 spiro atoms. The summed E-state index contributed by atoms with van der Waals surface area (Å²) in [6, 6.07) is 16.6. The maximum Gasteiger partial charge on any atom is 0.414 e. The summed E-state index contributed by atoms with van der Waals surface area (Å²) in [5.74, 6) is -0.608. The predicted octanol–water partition coefficient (Wildman–Crippen LogP) is 4.31. The van der Waals surface area contributed by atoms with Crippen LogP contribution in [0.25, 0.3) is 11.1 Å². The van der Waals surface area contributed by atoms with Crippen LogP contribution in [0.3, 0.4) is 0 Å². The number of rotatable bonds is 8. The summed E-state index contributed by atoms with van der Waals surface area (Å²) in [7, 11) is 0. The number of carbonyl (C=O) groups excluding carboxylic acids is 2. The van der Waals surface area contributed by atoms with Gasteiger partial charge >= 0.3 is 6.09 Å². The van der Waals surface area contributed by atoms with Crippen LogP contribution in [0.2, 0.25) is 0 Å². The van der Waals surface area contributed by atoms with Gasteiger partial charge in [-0.25, -0.2) is 9.18 Å². The number of hydrogen-bond donors (Lipinski definition) is 2. The lowest BCUT2D eigenvalue weighted by Crippen LogP contribution is -2.33. The molecule has 2 amide bonds. The molecule has 1 unspecified atom stereocenters. The number of nitrogens with zero attached hydrogens (tertiary/aromatic N) is 1. The van der Waals surface area contributed by atoms with E-state index in [1.165, 1.54) is 22.8 Å². The normalized spacial score (nSPS) is 15.6. The lowest BCUT2D eigenvalue weighted by atomic mass is 10.0. The Bertz CT molecular complexity index is 1090. The predicted molar refractivity (Wildman–Crippen MR) is 123 cm³/mol. The lowest BCUT2D eigenvalue weighted by Gasteiger charge is -2.15. The van der Waals surface area contributed by atoms with Gasteiger partial charge in [0.25, 0.3) is 0 Å². The van der Waals surface area contributed by atoms with Crippen molar-refractivity contribution >= 4 is 29.0 Å². The molecule has 1 aliphatic rings. The minimum atomic E-state index is -0.549. The van der Waals surface area contributed by atoms with Gasteiger partial charge in [0.05, 0.1) is 18.8 Å². The Morgan fingerprint density at radius 2 is 2.00 bits per heavy atom. The highest BCUT2D eigenvalue weighted by Gasteiger charge is 2.32. The zero-order valence-corrected chi connectivity index (χ0v) is 18.5. The SMILES string of the molecule is CC(=O)NCC1CN(c2ccc(-c3ccc(CNCc4cccs4)cc3)c(F)c2)C(=O)O1. The first kappa shape index (κ1) is 22.0. The third-order valence-electron chi connectivity index (χ3n) is 5.19. The van der Waals surface area contributed by atoms with E-state index in [0.717, 1.165) is 24.2 Å². The van der Waals surface area contributed by atoms with Crippen LogP contribution in [0.1, 0.15) is 17.4 Å². The number of benzene rings is 2. The molecule has 1 aromatic heterocycles. The molecule has 8 heteroatoms. The Balaban J connectivity index is 1.38. The molecule has 2 aromatic carbocycles. The third-order valence-corrected chi connectivity index (χ3v) is 6.07. The van der Waals surface area contributed by atoms with Crippen molar-refractivity contribution in [2.24, 2.45) is 0 Å². The first-order chi connectivity index (χ1) is 15.5. The van der Waals surface area contributed by atoms with Crippen LogP contribution in [-0.4, -0.2) is 31.2 Å². The van der Waals surface area contributed by atoms with Gasteiger partial charge < -0.3 is 15.4 Å². The minimum absolute atomic E-state index is 0.195. The van der Waals surface area contributed by atoms with Crippen molar-refractivity contribution in [1.29, 1.82) is 0 Å². The van der Waals surface area contributed by atoms with E-state index in [1.54, 1.807) is 23.5 Å². The van der Waals surface area contributed by atoms with Crippen LogP contribution in [0.5, 0.6) is 0 Å². The van der Waals surface area contributed by atoms with Crippen molar-refractivity contribution in [3.05, 3.63) is 76.2 Å². The first-order valence-electron chi connectivity index (χ1n) is 10.3. The summed E-state index contributed by atoms with van der Waals surface area (Å²) >= 11 is 1.72. The Morgan fingerprint density at radius 3 is 2.69 bits per heavy atom. The van der Waals surface area contributed by atoms with Crippen molar-refractivity contribution in [3.63, 3.8) is 0 Å². The molecule has 2 N–H and O–H groups in total. The van der Waals surface area contributed by atoms with E-state index in [-0.39, 0.29) is 19.0 Å². The molecule has 0 aliphatic carbocycles. The molecule has 1 saturated heterocycles. The number of anilines is 1. The number of halogens is 1. The molecule has 2 heterocycles. The smallest absolute Gasteiger partial charge is 0.414 e. The molecule has 0 bridgehead atoms. The quantitative estimate of drug-likeness (QED) is 0.533. The zero-order chi connectivity index (χ0) is 22.5. The van der Waals surface area contributed by atoms with Gasteiger partial charge in [-0.05, 0) is 40.8 Å². The fourth-order valence-corrected chi connectivity index (χ4v) is 4.22. The average Bonchev–Trinajstić information content (AvgIpc) is 3.42. The van der Waals surface area contributed by atoms with E-state index in [4.69, 9.17) is 4.74 Å². The van der Waals surface area contributed by atoms with E-state index in [0.29, 0.717) is 11.3 Å². The molecule has 3 aromatic rings. The number of carbonyl (C=O) groups is 2. The van der Waals surface area contributed by atoms with Gasteiger partial charge in [0.1, 0.15) is 11.9 Å². The Kier molecular flexibility index (Phi) is 6.82. The van der Waals surface area contributed by atoms with Gasteiger partial charge in [0.15, 0.2) is 0 Å². The maximum atomic E-state index is 14.9. The lowest BCUT2D eigenvalue weighted by molar-refractivity contribution is -0.119. The maximum absolute atomic E-state index is 14.9. The van der Waals surface area contributed by atoms with Crippen molar-refractivity contribution in [1.82, 2.24) is 10.6 Å². The molecule has 6 nitrogen and oxygen atoms in total. The van der Waals surface area contributed by atoms with E-state index in [9.17, 15) is 14.0 Å². The van der Waals surface area contributed by atoms with Crippen LogP contribution in [0, 0.1) is 5.82 Å².